The second-order valence-electron chi connectivity index (χ2n) is 8.18. The summed E-state index contributed by atoms with van der Waals surface area (Å²) >= 11 is 0. The summed E-state index contributed by atoms with van der Waals surface area (Å²) in [7, 11) is 5.78. The van der Waals surface area contributed by atoms with Gasteiger partial charge in [-0.05, 0) is 50.2 Å². The molecule has 4 rings (SSSR count). The van der Waals surface area contributed by atoms with Crippen LogP contribution >= 0.6 is 0 Å². The molecule has 1 aromatic carbocycles. The number of likely N-dealkylation sites (N-methyl/N-ethyl adjacent to an activating group) is 1. The number of rotatable bonds is 5. The number of benzene rings is 1. The van der Waals surface area contributed by atoms with Crippen molar-refractivity contribution in [1.29, 1.82) is 0 Å². The van der Waals surface area contributed by atoms with Gasteiger partial charge in [-0.2, -0.15) is 5.10 Å². The summed E-state index contributed by atoms with van der Waals surface area (Å²) in [6.07, 6.45) is 6.64. The third-order valence-electron chi connectivity index (χ3n) is 5.92. The highest BCUT2D eigenvalue weighted by molar-refractivity contribution is 6.39. The van der Waals surface area contributed by atoms with Gasteiger partial charge in [-0.25, -0.2) is 0 Å². The van der Waals surface area contributed by atoms with E-state index in [-0.39, 0.29) is 5.54 Å². The molecule has 8 heteroatoms. The second-order valence-corrected chi connectivity index (χ2v) is 8.18. The number of hydrogen-bond donors (Lipinski definition) is 2. The molecule has 160 valence electrons. The lowest BCUT2D eigenvalue weighted by atomic mass is 9.94. The molecule has 0 unspecified atom stereocenters. The Bertz CT molecular complexity index is 1080. The van der Waals surface area contributed by atoms with Crippen molar-refractivity contribution in [2.45, 2.75) is 18.4 Å². The van der Waals surface area contributed by atoms with Gasteiger partial charge in [0.25, 0.3) is 0 Å². The molecule has 0 bridgehead atoms. The van der Waals surface area contributed by atoms with Crippen LogP contribution in [0.3, 0.4) is 0 Å². The number of hydrogen-bond acceptors (Lipinski definition) is 5. The van der Waals surface area contributed by atoms with E-state index in [1.807, 2.05) is 26.2 Å². The van der Waals surface area contributed by atoms with E-state index in [9.17, 15) is 9.59 Å². The van der Waals surface area contributed by atoms with Crippen molar-refractivity contribution in [3.05, 3.63) is 66.1 Å². The van der Waals surface area contributed by atoms with Crippen molar-refractivity contribution in [2.75, 3.05) is 26.0 Å². The number of amides is 2. The van der Waals surface area contributed by atoms with Crippen LogP contribution in [0.1, 0.15) is 11.1 Å². The third kappa shape index (κ3) is 4.20. The summed E-state index contributed by atoms with van der Waals surface area (Å²) in [5.41, 5.74) is 4.18. The summed E-state index contributed by atoms with van der Waals surface area (Å²) in [6.45, 7) is 0.380. The molecule has 0 fully saturated rings. The normalized spacial score (nSPS) is 14.3. The highest BCUT2D eigenvalue weighted by Crippen LogP contribution is 2.33. The summed E-state index contributed by atoms with van der Waals surface area (Å²) < 4.78 is 1.60. The minimum atomic E-state index is -0.715. The van der Waals surface area contributed by atoms with Crippen LogP contribution < -0.4 is 10.6 Å². The van der Waals surface area contributed by atoms with Crippen molar-refractivity contribution >= 4 is 17.5 Å². The number of anilines is 1. The molecule has 2 aromatic heterocycles. The highest BCUT2D eigenvalue weighted by atomic mass is 16.2. The van der Waals surface area contributed by atoms with Gasteiger partial charge in [0.2, 0.25) is 0 Å². The Kier molecular flexibility index (Phi) is 5.56. The Labute approximate surface area is 181 Å². The molecule has 0 atom stereocenters. The second kappa shape index (κ2) is 8.31. The zero-order valence-corrected chi connectivity index (χ0v) is 17.9. The molecule has 2 amide bonds. The lowest BCUT2D eigenvalue weighted by molar-refractivity contribution is -0.136. The molecule has 0 aliphatic heterocycles. The summed E-state index contributed by atoms with van der Waals surface area (Å²) in [5, 5.41) is 9.93. The first kappa shape index (κ1) is 20.7. The van der Waals surface area contributed by atoms with E-state index >= 15 is 0 Å². The van der Waals surface area contributed by atoms with E-state index in [0.717, 1.165) is 18.4 Å². The molecule has 1 aliphatic carbocycles. The Morgan fingerprint density at radius 2 is 1.71 bits per heavy atom. The first-order valence-corrected chi connectivity index (χ1v) is 10.2. The van der Waals surface area contributed by atoms with Crippen LogP contribution in [-0.2, 0) is 29.5 Å². The maximum atomic E-state index is 12.6. The molecule has 2 N–H and O–H groups in total. The number of nitrogens with zero attached hydrogens (tertiary/aromatic N) is 4. The zero-order valence-electron chi connectivity index (χ0n) is 17.9. The Morgan fingerprint density at radius 3 is 2.32 bits per heavy atom. The summed E-state index contributed by atoms with van der Waals surface area (Å²) in [5.74, 6) is -1.38. The van der Waals surface area contributed by atoms with Crippen molar-refractivity contribution in [2.24, 2.45) is 7.05 Å². The van der Waals surface area contributed by atoms with Gasteiger partial charge in [0, 0.05) is 43.3 Å². The topological polar surface area (TPSA) is 92.2 Å². The van der Waals surface area contributed by atoms with Crippen molar-refractivity contribution < 1.29 is 9.59 Å². The zero-order chi connectivity index (χ0) is 22.0. The Balaban J connectivity index is 1.44. The summed E-state index contributed by atoms with van der Waals surface area (Å²) in [4.78, 5) is 31.4. The largest absolute Gasteiger partial charge is 0.346 e. The van der Waals surface area contributed by atoms with E-state index in [1.165, 1.54) is 11.1 Å². The SMILES string of the molecule is CN(C)C1(CNC(=O)C(=O)Nc2cn(C)nc2-c2ccncc2)Cc2ccccc2C1. The van der Waals surface area contributed by atoms with Gasteiger partial charge in [-0.1, -0.05) is 24.3 Å². The van der Waals surface area contributed by atoms with E-state index in [4.69, 9.17) is 0 Å². The molecule has 0 radical (unpaired) electrons. The average molecular weight is 419 g/mol. The number of fused-ring (bicyclic) bond motifs is 1. The van der Waals surface area contributed by atoms with Gasteiger partial charge >= 0.3 is 11.8 Å². The maximum Gasteiger partial charge on any atom is 0.313 e. The fraction of sp³-hybridized carbons (Fsp3) is 0.304. The molecule has 0 saturated heterocycles. The number of aromatic nitrogens is 3. The van der Waals surface area contributed by atoms with Crippen molar-refractivity contribution in [3.8, 4) is 11.3 Å². The van der Waals surface area contributed by atoms with Crippen molar-refractivity contribution in [1.82, 2.24) is 25.0 Å². The minimum absolute atomic E-state index is 0.254. The van der Waals surface area contributed by atoms with Gasteiger partial charge < -0.3 is 15.5 Å². The van der Waals surface area contributed by atoms with E-state index in [2.05, 4.69) is 37.7 Å². The molecule has 2 heterocycles. The minimum Gasteiger partial charge on any atom is -0.346 e. The lowest BCUT2D eigenvalue weighted by Crippen LogP contribution is -2.54. The number of pyridine rings is 1. The number of aryl methyl sites for hydroxylation is 1. The molecule has 8 nitrogen and oxygen atoms in total. The first-order chi connectivity index (χ1) is 14.9. The van der Waals surface area contributed by atoms with Crippen LogP contribution in [0.25, 0.3) is 11.3 Å². The van der Waals surface area contributed by atoms with Crippen LogP contribution in [0.2, 0.25) is 0 Å². The van der Waals surface area contributed by atoms with Crippen molar-refractivity contribution in [3.63, 3.8) is 0 Å². The summed E-state index contributed by atoms with van der Waals surface area (Å²) in [6, 6.07) is 11.9. The predicted molar refractivity (Wildman–Crippen MR) is 118 cm³/mol. The molecule has 31 heavy (non-hydrogen) atoms. The van der Waals surface area contributed by atoms with E-state index in [0.29, 0.717) is 17.9 Å². The first-order valence-electron chi connectivity index (χ1n) is 10.2. The quantitative estimate of drug-likeness (QED) is 0.615. The molecule has 3 aromatic rings. The maximum absolute atomic E-state index is 12.6. The van der Waals surface area contributed by atoms with Gasteiger partial charge in [0.15, 0.2) is 0 Å². The standard InChI is InChI=1S/C23H26N6O2/c1-28(2)23(12-17-6-4-5-7-18(17)13-23)15-25-21(30)22(31)26-19-14-29(3)27-20(19)16-8-10-24-11-9-16/h4-11,14H,12-13,15H2,1-3H3,(H,25,30)(H,26,31). The van der Waals surface area contributed by atoms with Crippen LogP contribution in [-0.4, -0.2) is 57.7 Å². The van der Waals surface area contributed by atoms with Crippen LogP contribution in [0, 0.1) is 0 Å². The van der Waals surface area contributed by atoms with E-state index < -0.39 is 11.8 Å². The monoisotopic (exact) mass is 418 g/mol. The number of carbonyl (C=O) groups is 2. The Hall–Kier alpha value is -3.52. The smallest absolute Gasteiger partial charge is 0.313 e. The lowest BCUT2D eigenvalue weighted by Gasteiger charge is -2.36. The molecular formula is C23H26N6O2. The van der Waals surface area contributed by atoms with Crippen LogP contribution in [0.4, 0.5) is 5.69 Å². The fourth-order valence-corrected chi connectivity index (χ4v) is 4.08. The highest BCUT2D eigenvalue weighted by Gasteiger charge is 2.39. The Morgan fingerprint density at radius 1 is 1.06 bits per heavy atom. The molecular weight excluding hydrogens is 392 g/mol. The number of carbonyl (C=O) groups excluding carboxylic acids is 2. The number of nitrogens with one attached hydrogen (secondary N) is 2. The fourth-order valence-electron chi connectivity index (χ4n) is 4.08. The average Bonchev–Trinajstić information content (AvgIpc) is 3.33. The van der Waals surface area contributed by atoms with Gasteiger partial charge in [-0.3, -0.25) is 19.3 Å². The van der Waals surface area contributed by atoms with E-state index in [1.54, 1.807) is 42.5 Å². The van der Waals surface area contributed by atoms with Gasteiger partial charge in [0.1, 0.15) is 5.69 Å². The predicted octanol–water partition coefficient (Wildman–Crippen LogP) is 1.64. The van der Waals surface area contributed by atoms with Gasteiger partial charge in [-0.15, -0.1) is 0 Å². The van der Waals surface area contributed by atoms with Crippen LogP contribution in [0.5, 0.6) is 0 Å². The van der Waals surface area contributed by atoms with Crippen LogP contribution in [0.15, 0.2) is 55.0 Å². The van der Waals surface area contributed by atoms with Gasteiger partial charge in [0.05, 0.1) is 5.69 Å². The molecule has 1 aliphatic rings. The molecule has 0 spiro atoms. The molecule has 0 saturated carbocycles. The third-order valence-corrected chi connectivity index (χ3v) is 5.92.